The van der Waals surface area contributed by atoms with Crippen molar-refractivity contribution in [1.29, 1.82) is 0 Å². The van der Waals surface area contributed by atoms with E-state index in [0.29, 0.717) is 32.1 Å². The summed E-state index contributed by atoms with van der Waals surface area (Å²) >= 11 is 0. The van der Waals surface area contributed by atoms with Crippen LogP contribution in [0, 0.1) is 0 Å². The largest absolute Gasteiger partial charge is 0.469 e. The first-order valence-electron chi connectivity index (χ1n) is 21.7. The molecular weight excluding hydrogens is 715 g/mol. The number of esters is 2. The molecule has 0 radical (unpaired) electrons. The zero-order valence-corrected chi connectivity index (χ0v) is 35.6. The average molecular weight is 795 g/mol. The molecule has 0 aliphatic rings. The summed E-state index contributed by atoms with van der Waals surface area (Å²) in [5.74, 6) is -0.989. The SMILES string of the molecule is CC/C=C\C/C=C\CC(O)/C=C/C=C\C/C=C\CCCC(=O)O[C@H](COC(=O)CCCCCCCCCCCCCCCCCCCCC)COP(=O)(O)O. The van der Waals surface area contributed by atoms with Gasteiger partial charge >= 0.3 is 19.8 Å². The monoisotopic (exact) mass is 795 g/mol. The lowest BCUT2D eigenvalue weighted by molar-refractivity contribution is -0.161. The van der Waals surface area contributed by atoms with Crippen LogP contribution in [0.2, 0.25) is 0 Å². The third kappa shape index (κ3) is 42.7. The lowest BCUT2D eigenvalue weighted by atomic mass is 10.0. The molecule has 2 atom stereocenters. The number of aliphatic hydroxyl groups excluding tert-OH is 1. The van der Waals surface area contributed by atoms with Gasteiger partial charge in [-0.25, -0.2) is 4.57 Å². The van der Waals surface area contributed by atoms with Crippen LogP contribution in [0.1, 0.15) is 187 Å². The minimum Gasteiger partial charge on any atom is -0.462 e. The van der Waals surface area contributed by atoms with Gasteiger partial charge in [0.1, 0.15) is 6.61 Å². The van der Waals surface area contributed by atoms with Gasteiger partial charge in [0, 0.05) is 12.8 Å². The van der Waals surface area contributed by atoms with E-state index in [0.717, 1.165) is 32.1 Å². The second-order valence-electron chi connectivity index (χ2n) is 14.5. The lowest BCUT2D eigenvalue weighted by Gasteiger charge is -2.18. The Bertz CT molecular complexity index is 1090. The number of hydrogen-bond acceptors (Lipinski definition) is 7. The minimum absolute atomic E-state index is 0.101. The van der Waals surface area contributed by atoms with Gasteiger partial charge in [0.05, 0.1) is 12.7 Å². The Morgan fingerprint density at radius 2 is 1.09 bits per heavy atom. The number of allylic oxidation sites excluding steroid dienone is 8. The molecule has 0 saturated heterocycles. The highest BCUT2D eigenvalue weighted by Crippen LogP contribution is 2.36. The molecule has 1 unspecified atom stereocenters. The maximum absolute atomic E-state index is 12.4. The molecule has 10 heteroatoms. The molecule has 0 rings (SSSR count). The summed E-state index contributed by atoms with van der Waals surface area (Å²) in [6.07, 6.45) is 47.0. The van der Waals surface area contributed by atoms with Gasteiger partial charge in [0.2, 0.25) is 0 Å². The molecule has 0 amide bonds. The average Bonchev–Trinajstić information content (AvgIpc) is 3.15. The summed E-state index contributed by atoms with van der Waals surface area (Å²) in [5.41, 5.74) is 0. The quantitative estimate of drug-likeness (QED) is 0.0182. The number of hydrogen-bond donors (Lipinski definition) is 3. The van der Waals surface area contributed by atoms with Gasteiger partial charge in [-0.05, 0) is 44.9 Å². The van der Waals surface area contributed by atoms with Gasteiger partial charge in [-0.3, -0.25) is 14.1 Å². The lowest BCUT2D eigenvalue weighted by Crippen LogP contribution is -2.29. The van der Waals surface area contributed by atoms with Crippen LogP contribution < -0.4 is 0 Å². The molecule has 0 bridgehead atoms. The molecule has 55 heavy (non-hydrogen) atoms. The van der Waals surface area contributed by atoms with E-state index in [9.17, 15) is 19.3 Å². The Hall–Kier alpha value is -2.29. The Balaban J connectivity index is 4.03. The molecule has 3 N–H and O–H groups in total. The number of carbonyl (C=O) groups excluding carboxylic acids is 2. The van der Waals surface area contributed by atoms with Crippen molar-refractivity contribution in [1.82, 2.24) is 0 Å². The van der Waals surface area contributed by atoms with Crippen molar-refractivity contribution in [3.63, 3.8) is 0 Å². The van der Waals surface area contributed by atoms with E-state index in [4.69, 9.17) is 19.3 Å². The smallest absolute Gasteiger partial charge is 0.462 e. The van der Waals surface area contributed by atoms with Gasteiger partial charge in [-0.1, -0.05) is 190 Å². The normalized spacial score (nSPS) is 13.6. The molecule has 0 saturated carbocycles. The van der Waals surface area contributed by atoms with Crippen molar-refractivity contribution < 1.29 is 43.0 Å². The van der Waals surface area contributed by atoms with Gasteiger partial charge in [-0.15, -0.1) is 0 Å². The molecule has 0 aliphatic carbocycles. The van der Waals surface area contributed by atoms with Crippen LogP contribution >= 0.6 is 7.82 Å². The molecule has 0 spiro atoms. The molecule has 0 heterocycles. The van der Waals surface area contributed by atoms with E-state index < -0.39 is 38.6 Å². The van der Waals surface area contributed by atoms with Crippen LogP contribution in [0.5, 0.6) is 0 Å². The zero-order valence-electron chi connectivity index (χ0n) is 34.7. The van der Waals surface area contributed by atoms with Gasteiger partial charge < -0.3 is 24.4 Å². The fourth-order valence-corrected chi connectivity index (χ4v) is 6.27. The van der Waals surface area contributed by atoms with Gasteiger partial charge in [-0.2, -0.15) is 0 Å². The van der Waals surface area contributed by atoms with Crippen LogP contribution in [-0.4, -0.2) is 52.3 Å². The molecular formula is C45H79O9P. The van der Waals surface area contributed by atoms with Crippen molar-refractivity contribution >= 4 is 19.8 Å². The van der Waals surface area contributed by atoms with Crippen LogP contribution in [0.4, 0.5) is 0 Å². The molecule has 0 aromatic rings. The predicted molar refractivity (Wildman–Crippen MR) is 227 cm³/mol. The second-order valence-corrected chi connectivity index (χ2v) is 15.7. The third-order valence-electron chi connectivity index (χ3n) is 9.13. The van der Waals surface area contributed by atoms with Crippen molar-refractivity contribution in [2.24, 2.45) is 0 Å². The topological polar surface area (TPSA) is 140 Å². The number of aliphatic hydroxyl groups is 1. The summed E-state index contributed by atoms with van der Waals surface area (Å²) in [6, 6.07) is 0. The number of ether oxygens (including phenoxy) is 2. The molecule has 0 aromatic heterocycles. The fraction of sp³-hybridized carbons (Fsp3) is 0.733. The summed E-state index contributed by atoms with van der Waals surface area (Å²) in [4.78, 5) is 42.9. The summed E-state index contributed by atoms with van der Waals surface area (Å²) in [6.45, 7) is 3.46. The van der Waals surface area contributed by atoms with Crippen LogP contribution in [0.15, 0.2) is 60.8 Å². The van der Waals surface area contributed by atoms with Crippen molar-refractivity contribution in [2.45, 2.75) is 199 Å². The van der Waals surface area contributed by atoms with Gasteiger partial charge in [0.25, 0.3) is 0 Å². The first-order valence-corrected chi connectivity index (χ1v) is 23.2. The Morgan fingerprint density at radius 3 is 1.65 bits per heavy atom. The van der Waals surface area contributed by atoms with Crippen molar-refractivity contribution in [2.75, 3.05) is 13.2 Å². The molecule has 0 fully saturated rings. The zero-order chi connectivity index (χ0) is 40.5. The maximum Gasteiger partial charge on any atom is 0.469 e. The van der Waals surface area contributed by atoms with E-state index in [1.165, 1.54) is 96.3 Å². The fourth-order valence-electron chi connectivity index (χ4n) is 5.91. The first kappa shape index (κ1) is 52.7. The van der Waals surface area contributed by atoms with E-state index >= 15 is 0 Å². The second kappa shape index (κ2) is 39.9. The van der Waals surface area contributed by atoms with Gasteiger partial charge in [0.15, 0.2) is 6.10 Å². The highest BCUT2D eigenvalue weighted by molar-refractivity contribution is 7.46. The third-order valence-corrected chi connectivity index (χ3v) is 9.62. The number of unbranched alkanes of at least 4 members (excludes halogenated alkanes) is 19. The molecule has 0 aliphatic heterocycles. The number of carbonyl (C=O) groups is 2. The van der Waals surface area contributed by atoms with Crippen LogP contribution in [-0.2, 0) is 28.2 Å². The maximum atomic E-state index is 12.4. The highest BCUT2D eigenvalue weighted by Gasteiger charge is 2.22. The van der Waals surface area contributed by atoms with E-state index in [-0.39, 0.29) is 19.4 Å². The Labute approximate surface area is 335 Å². The molecule has 0 aromatic carbocycles. The Kier molecular flexibility index (Phi) is 38.3. The first-order chi connectivity index (χ1) is 26.7. The predicted octanol–water partition coefficient (Wildman–Crippen LogP) is 12.3. The summed E-state index contributed by atoms with van der Waals surface area (Å²) in [5, 5.41) is 9.98. The van der Waals surface area contributed by atoms with Crippen molar-refractivity contribution in [3.05, 3.63) is 60.8 Å². The number of rotatable bonds is 39. The number of phosphoric ester groups is 1. The summed E-state index contributed by atoms with van der Waals surface area (Å²) in [7, 11) is -4.79. The van der Waals surface area contributed by atoms with E-state index in [1.54, 1.807) is 6.08 Å². The molecule has 9 nitrogen and oxygen atoms in total. The van der Waals surface area contributed by atoms with Crippen LogP contribution in [0.25, 0.3) is 0 Å². The van der Waals surface area contributed by atoms with E-state index in [1.807, 2.05) is 42.5 Å². The number of phosphoric acid groups is 1. The summed E-state index contributed by atoms with van der Waals surface area (Å²) < 4.78 is 26.3. The minimum atomic E-state index is -4.79. The van der Waals surface area contributed by atoms with Crippen molar-refractivity contribution in [3.8, 4) is 0 Å². The Morgan fingerprint density at radius 1 is 0.582 bits per heavy atom. The standard InChI is InChI=1S/C45H79O9P/c1-3-5-7-9-11-12-13-14-15-16-17-18-19-20-21-22-26-30-34-38-44(47)52-40-43(41-53-55(49,50)51)54-45(48)39-35-31-27-24-23-25-29-33-37-42(46)36-32-28-10-8-6-4-2/h6,8,24-25,27-29,32-33,37,42-43,46H,3-5,7,9-23,26,30-31,34-36,38-41H2,1-2H3,(H2,49,50,51)/b8-6-,27-24-,29-25-,32-28-,37-33+/t42?,43-/m1/s1. The molecule has 318 valence electrons. The van der Waals surface area contributed by atoms with Crippen LogP contribution in [0.3, 0.4) is 0 Å². The highest BCUT2D eigenvalue weighted by atomic mass is 31.2. The van der Waals surface area contributed by atoms with E-state index in [2.05, 4.69) is 30.5 Å².